The summed E-state index contributed by atoms with van der Waals surface area (Å²) in [5.74, 6) is -1.29. The highest BCUT2D eigenvalue weighted by molar-refractivity contribution is 5.20. The van der Waals surface area contributed by atoms with Crippen molar-refractivity contribution in [2.45, 2.75) is 25.8 Å². The van der Waals surface area contributed by atoms with Crippen LogP contribution >= 0.6 is 0 Å². The van der Waals surface area contributed by atoms with Gasteiger partial charge in [-0.2, -0.15) is 0 Å². The Labute approximate surface area is 91.5 Å². The Balaban J connectivity index is 2.80. The van der Waals surface area contributed by atoms with E-state index in [1.54, 1.807) is 6.92 Å². The molecule has 16 heavy (non-hydrogen) atoms. The van der Waals surface area contributed by atoms with Gasteiger partial charge in [0.05, 0.1) is 6.04 Å². The molecule has 0 bridgehead atoms. The average Bonchev–Trinajstić information content (AvgIpc) is 2.22. The molecule has 0 fully saturated rings. The van der Waals surface area contributed by atoms with Crippen LogP contribution in [-0.4, -0.2) is 19.0 Å². The zero-order valence-corrected chi connectivity index (χ0v) is 8.81. The number of nitrogens with one attached hydrogen (secondary N) is 1. The quantitative estimate of drug-likeness (QED) is 0.774. The number of benzene rings is 1. The molecule has 1 nitrogen and oxygen atoms in total. The Morgan fingerprint density at radius 1 is 1.25 bits per heavy atom. The minimum Gasteiger partial charge on any atom is -0.309 e. The van der Waals surface area contributed by atoms with E-state index in [0.29, 0.717) is 6.54 Å². The highest BCUT2D eigenvalue weighted by Gasteiger charge is 2.21. The topological polar surface area (TPSA) is 12.0 Å². The maximum atomic E-state index is 13.2. The SMILES string of the molecule is CCNC(Cc1cc(F)ccc1F)C(F)F. The zero-order valence-electron chi connectivity index (χ0n) is 8.81. The van der Waals surface area contributed by atoms with Gasteiger partial charge in [-0.05, 0) is 36.7 Å². The van der Waals surface area contributed by atoms with E-state index in [-0.39, 0.29) is 12.0 Å². The first-order valence-corrected chi connectivity index (χ1v) is 5.00. The summed E-state index contributed by atoms with van der Waals surface area (Å²) >= 11 is 0. The summed E-state index contributed by atoms with van der Waals surface area (Å²) in [6.45, 7) is 2.03. The zero-order chi connectivity index (χ0) is 12.1. The Morgan fingerprint density at radius 3 is 2.50 bits per heavy atom. The number of halogens is 4. The molecule has 0 aliphatic heterocycles. The predicted octanol–water partition coefficient (Wildman–Crippen LogP) is 2.75. The third-order valence-electron chi connectivity index (χ3n) is 2.22. The first-order chi connectivity index (χ1) is 7.54. The second-order valence-electron chi connectivity index (χ2n) is 3.44. The van der Waals surface area contributed by atoms with Crippen LogP contribution < -0.4 is 5.32 Å². The second-order valence-corrected chi connectivity index (χ2v) is 3.44. The number of likely N-dealkylation sites (N-methyl/N-ethyl adjacent to an activating group) is 1. The predicted molar refractivity (Wildman–Crippen MR) is 53.5 cm³/mol. The Kier molecular flexibility index (Phi) is 4.73. The lowest BCUT2D eigenvalue weighted by Crippen LogP contribution is -2.37. The minimum absolute atomic E-state index is 0.0359. The van der Waals surface area contributed by atoms with Gasteiger partial charge in [0.2, 0.25) is 0 Å². The summed E-state index contributed by atoms with van der Waals surface area (Å²) in [4.78, 5) is 0. The maximum Gasteiger partial charge on any atom is 0.254 e. The van der Waals surface area contributed by atoms with E-state index < -0.39 is 24.1 Å². The summed E-state index contributed by atoms with van der Waals surface area (Å²) in [5.41, 5.74) is -0.0359. The molecule has 1 aromatic carbocycles. The van der Waals surface area contributed by atoms with Crippen molar-refractivity contribution in [3.8, 4) is 0 Å². The van der Waals surface area contributed by atoms with Crippen molar-refractivity contribution < 1.29 is 17.6 Å². The Hall–Kier alpha value is -1.10. The molecule has 0 aromatic heterocycles. The molecule has 0 aliphatic rings. The molecule has 1 N–H and O–H groups in total. The highest BCUT2D eigenvalue weighted by Crippen LogP contribution is 2.14. The van der Waals surface area contributed by atoms with E-state index in [2.05, 4.69) is 5.32 Å². The van der Waals surface area contributed by atoms with Crippen LogP contribution in [0.25, 0.3) is 0 Å². The van der Waals surface area contributed by atoms with E-state index >= 15 is 0 Å². The van der Waals surface area contributed by atoms with Gasteiger partial charge in [-0.25, -0.2) is 17.6 Å². The molecule has 0 saturated carbocycles. The first-order valence-electron chi connectivity index (χ1n) is 5.00. The third kappa shape index (κ3) is 3.48. The van der Waals surface area contributed by atoms with Crippen LogP contribution in [0, 0.1) is 11.6 Å². The third-order valence-corrected chi connectivity index (χ3v) is 2.22. The fourth-order valence-corrected chi connectivity index (χ4v) is 1.45. The van der Waals surface area contributed by atoms with Crippen molar-refractivity contribution >= 4 is 0 Å². The van der Waals surface area contributed by atoms with Gasteiger partial charge in [0.1, 0.15) is 11.6 Å². The summed E-state index contributed by atoms with van der Waals surface area (Å²) in [6, 6.07) is 1.70. The average molecular weight is 235 g/mol. The summed E-state index contributed by atoms with van der Waals surface area (Å²) in [6.07, 6.45) is -2.84. The molecule has 1 atom stereocenters. The van der Waals surface area contributed by atoms with Gasteiger partial charge in [0, 0.05) is 0 Å². The number of hydrogen-bond acceptors (Lipinski definition) is 1. The van der Waals surface area contributed by atoms with Gasteiger partial charge in [-0.15, -0.1) is 0 Å². The normalized spacial score (nSPS) is 13.1. The van der Waals surface area contributed by atoms with Gasteiger partial charge in [-0.3, -0.25) is 0 Å². The van der Waals surface area contributed by atoms with E-state index in [1.807, 2.05) is 0 Å². The van der Waals surface area contributed by atoms with E-state index in [9.17, 15) is 17.6 Å². The van der Waals surface area contributed by atoms with Crippen molar-refractivity contribution in [3.05, 3.63) is 35.4 Å². The second kappa shape index (κ2) is 5.84. The molecule has 0 aliphatic carbocycles. The highest BCUT2D eigenvalue weighted by atomic mass is 19.3. The molecular formula is C11H13F4N. The van der Waals surface area contributed by atoms with Gasteiger partial charge in [-0.1, -0.05) is 6.92 Å². The molecule has 5 heteroatoms. The van der Waals surface area contributed by atoms with E-state index in [1.165, 1.54) is 0 Å². The first kappa shape index (κ1) is 13.0. The van der Waals surface area contributed by atoms with E-state index in [0.717, 1.165) is 18.2 Å². The van der Waals surface area contributed by atoms with Crippen molar-refractivity contribution in [2.24, 2.45) is 0 Å². The van der Waals surface area contributed by atoms with Crippen LogP contribution in [0.5, 0.6) is 0 Å². The lowest BCUT2D eigenvalue weighted by Gasteiger charge is -2.17. The number of rotatable bonds is 5. The van der Waals surface area contributed by atoms with Crippen molar-refractivity contribution in [1.82, 2.24) is 5.32 Å². The molecule has 90 valence electrons. The van der Waals surface area contributed by atoms with Crippen molar-refractivity contribution in [3.63, 3.8) is 0 Å². The molecule has 1 unspecified atom stereocenters. The van der Waals surface area contributed by atoms with E-state index in [4.69, 9.17) is 0 Å². The molecule has 0 heterocycles. The maximum absolute atomic E-state index is 13.2. The van der Waals surface area contributed by atoms with Crippen LogP contribution in [0.4, 0.5) is 17.6 Å². The van der Waals surface area contributed by atoms with Crippen LogP contribution in [0.15, 0.2) is 18.2 Å². The molecule has 1 rings (SSSR count). The Morgan fingerprint density at radius 2 is 1.94 bits per heavy atom. The number of hydrogen-bond donors (Lipinski definition) is 1. The lowest BCUT2D eigenvalue weighted by atomic mass is 10.1. The van der Waals surface area contributed by atoms with Crippen LogP contribution in [0.3, 0.4) is 0 Å². The number of alkyl halides is 2. The molecule has 0 amide bonds. The summed E-state index contributed by atoms with van der Waals surface area (Å²) in [5, 5.41) is 2.54. The van der Waals surface area contributed by atoms with Gasteiger partial charge in [0.15, 0.2) is 0 Å². The molecule has 1 aromatic rings. The standard InChI is InChI=1S/C11H13F4N/c1-2-16-10(11(14)15)6-7-5-8(12)3-4-9(7)13/h3-5,10-11,16H,2,6H2,1H3. The fourth-order valence-electron chi connectivity index (χ4n) is 1.45. The lowest BCUT2D eigenvalue weighted by molar-refractivity contribution is 0.0986. The Bertz CT molecular complexity index is 341. The van der Waals surface area contributed by atoms with Crippen molar-refractivity contribution in [1.29, 1.82) is 0 Å². The molecule has 0 spiro atoms. The van der Waals surface area contributed by atoms with Gasteiger partial charge >= 0.3 is 0 Å². The van der Waals surface area contributed by atoms with Gasteiger partial charge < -0.3 is 5.32 Å². The summed E-state index contributed by atoms with van der Waals surface area (Å²) < 4.78 is 51.1. The van der Waals surface area contributed by atoms with Crippen LogP contribution in [0.2, 0.25) is 0 Å². The largest absolute Gasteiger partial charge is 0.309 e. The fraction of sp³-hybridized carbons (Fsp3) is 0.455. The minimum atomic E-state index is -2.61. The molecule has 0 saturated heterocycles. The smallest absolute Gasteiger partial charge is 0.254 e. The molecule has 0 radical (unpaired) electrons. The van der Waals surface area contributed by atoms with Gasteiger partial charge in [0.25, 0.3) is 6.43 Å². The molecular weight excluding hydrogens is 222 g/mol. The van der Waals surface area contributed by atoms with Crippen LogP contribution in [0.1, 0.15) is 12.5 Å². The van der Waals surface area contributed by atoms with Crippen LogP contribution in [-0.2, 0) is 6.42 Å². The summed E-state index contributed by atoms with van der Waals surface area (Å²) in [7, 11) is 0. The van der Waals surface area contributed by atoms with Crippen molar-refractivity contribution in [2.75, 3.05) is 6.54 Å². The monoisotopic (exact) mass is 235 g/mol.